The van der Waals surface area contributed by atoms with Gasteiger partial charge in [-0.25, -0.2) is 4.79 Å². The Hall–Kier alpha value is -0.400. The van der Waals surface area contributed by atoms with Crippen LogP contribution in [-0.4, -0.2) is 30.5 Å². The van der Waals surface area contributed by atoms with E-state index in [1.54, 1.807) is 0 Å². The molecule has 0 fully saturated rings. The van der Waals surface area contributed by atoms with E-state index in [1.165, 1.54) is 7.11 Å². The standard InChI is InChI=1S/C7H13O3P/c1-5(7(9)10-2)3-6(8)4-11/h6,8H,1,3-4,11H2,2H3. The molecule has 0 aliphatic carbocycles. The van der Waals surface area contributed by atoms with E-state index >= 15 is 0 Å². The summed E-state index contributed by atoms with van der Waals surface area (Å²) in [6, 6.07) is 0. The Kier molecular flexibility index (Phi) is 5.08. The zero-order chi connectivity index (χ0) is 8.85. The molecule has 64 valence electrons. The number of aliphatic hydroxyl groups is 1. The van der Waals surface area contributed by atoms with Crippen LogP contribution in [0.5, 0.6) is 0 Å². The average molecular weight is 176 g/mol. The van der Waals surface area contributed by atoms with Gasteiger partial charge in [0.2, 0.25) is 0 Å². The van der Waals surface area contributed by atoms with Crippen molar-refractivity contribution in [3.05, 3.63) is 12.2 Å². The fourth-order valence-corrected chi connectivity index (χ4v) is 0.762. The third kappa shape index (κ3) is 4.12. The average Bonchev–Trinajstić information content (AvgIpc) is 2.02. The SMILES string of the molecule is C=C(CC(O)CP)C(=O)OC. The Bertz CT molecular complexity index is 156. The molecule has 0 amide bonds. The Morgan fingerprint density at radius 1 is 1.82 bits per heavy atom. The molecule has 0 heterocycles. The molecule has 0 aromatic heterocycles. The number of carbonyl (C=O) groups is 1. The molecule has 4 heteroatoms. The smallest absolute Gasteiger partial charge is 0.333 e. The molecule has 0 radical (unpaired) electrons. The van der Waals surface area contributed by atoms with E-state index in [2.05, 4.69) is 20.6 Å². The summed E-state index contributed by atoms with van der Waals surface area (Å²) < 4.78 is 4.40. The van der Waals surface area contributed by atoms with Crippen LogP contribution in [-0.2, 0) is 9.53 Å². The molecular formula is C7H13O3P. The molecule has 2 atom stereocenters. The number of hydrogen-bond donors (Lipinski definition) is 1. The van der Waals surface area contributed by atoms with Crippen LogP contribution in [0.4, 0.5) is 0 Å². The first-order valence-corrected chi connectivity index (χ1v) is 4.07. The molecule has 0 aromatic carbocycles. The van der Waals surface area contributed by atoms with Crippen LogP contribution in [0.1, 0.15) is 6.42 Å². The molecule has 0 saturated carbocycles. The van der Waals surface area contributed by atoms with E-state index < -0.39 is 12.1 Å². The quantitative estimate of drug-likeness (QED) is 0.381. The maximum absolute atomic E-state index is 10.7. The Balaban J connectivity index is 3.77. The highest BCUT2D eigenvalue weighted by molar-refractivity contribution is 7.16. The number of hydrogen-bond acceptors (Lipinski definition) is 3. The molecule has 0 aliphatic rings. The van der Waals surface area contributed by atoms with Crippen molar-refractivity contribution in [2.45, 2.75) is 12.5 Å². The molecule has 0 bridgehead atoms. The second-order valence-corrected chi connectivity index (χ2v) is 2.66. The van der Waals surface area contributed by atoms with Gasteiger partial charge in [-0.05, 0) is 6.16 Å². The summed E-state index contributed by atoms with van der Waals surface area (Å²) in [4.78, 5) is 10.7. The summed E-state index contributed by atoms with van der Waals surface area (Å²) in [6.07, 6.45) is 0.290. The van der Waals surface area contributed by atoms with Gasteiger partial charge >= 0.3 is 5.97 Å². The van der Waals surface area contributed by atoms with Crippen LogP contribution in [0.2, 0.25) is 0 Å². The summed E-state index contributed by atoms with van der Waals surface area (Å²) in [5.74, 6) is -0.456. The lowest BCUT2D eigenvalue weighted by Gasteiger charge is -2.07. The minimum atomic E-state index is -0.522. The van der Waals surface area contributed by atoms with E-state index in [0.29, 0.717) is 11.7 Å². The Morgan fingerprint density at radius 3 is 2.73 bits per heavy atom. The maximum Gasteiger partial charge on any atom is 0.333 e. The summed E-state index contributed by atoms with van der Waals surface area (Å²) in [5, 5.41) is 9.08. The van der Waals surface area contributed by atoms with E-state index in [4.69, 9.17) is 5.11 Å². The summed E-state index contributed by atoms with van der Waals surface area (Å²) in [6.45, 7) is 3.47. The summed E-state index contributed by atoms with van der Waals surface area (Å²) in [7, 11) is 3.68. The molecular weight excluding hydrogens is 163 g/mol. The van der Waals surface area contributed by atoms with Gasteiger partial charge in [-0.3, -0.25) is 0 Å². The van der Waals surface area contributed by atoms with Crippen molar-refractivity contribution < 1.29 is 14.6 Å². The topological polar surface area (TPSA) is 46.5 Å². The van der Waals surface area contributed by atoms with Crippen LogP contribution >= 0.6 is 9.24 Å². The van der Waals surface area contributed by atoms with Crippen molar-refractivity contribution in [3.63, 3.8) is 0 Å². The lowest BCUT2D eigenvalue weighted by atomic mass is 10.1. The van der Waals surface area contributed by atoms with E-state index in [-0.39, 0.29) is 6.42 Å². The van der Waals surface area contributed by atoms with E-state index in [1.807, 2.05) is 0 Å². The third-order valence-corrected chi connectivity index (χ3v) is 1.77. The van der Waals surface area contributed by atoms with Gasteiger partial charge in [0.1, 0.15) is 0 Å². The van der Waals surface area contributed by atoms with Crippen LogP contribution in [0.25, 0.3) is 0 Å². The highest BCUT2D eigenvalue weighted by atomic mass is 31.0. The van der Waals surface area contributed by atoms with Gasteiger partial charge in [0.05, 0.1) is 13.2 Å². The fourth-order valence-electron chi connectivity index (χ4n) is 0.595. The molecule has 1 N–H and O–H groups in total. The number of methoxy groups -OCH3 is 1. The molecule has 0 rings (SSSR count). The number of esters is 1. The van der Waals surface area contributed by atoms with E-state index in [9.17, 15) is 4.79 Å². The Labute approximate surface area is 68.6 Å². The first-order chi connectivity index (χ1) is 5.11. The summed E-state index contributed by atoms with van der Waals surface area (Å²) in [5.41, 5.74) is 0.308. The van der Waals surface area contributed by atoms with Gasteiger partial charge in [0, 0.05) is 12.0 Å². The summed E-state index contributed by atoms with van der Waals surface area (Å²) >= 11 is 0. The maximum atomic E-state index is 10.7. The van der Waals surface area contributed by atoms with Gasteiger partial charge < -0.3 is 9.84 Å². The van der Waals surface area contributed by atoms with Crippen LogP contribution in [0.15, 0.2) is 12.2 Å². The first kappa shape index (κ1) is 10.6. The van der Waals surface area contributed by atoms with Crippen LogP contribution in [0.3, 0.4) is 0 Å². The predicted molar refractivity (Wildman–Crippen MR) is 46.4 cm³/mol. The highest BCUT2D eigenvalue weighted by Gasteiger charge is 2.10. The first-order valence-electron chi connectivity index (χ1n) is 3.26. The van der Waals surface area contributed by atoms with Gasteiger partial charge in [-0.1, -0.05) is 6.58 Å². The fraction of sp³-hybridized carbons (Fsp3) is 0.571. The van der Waals surface area contributed by atoms with Gasteiger partial charge in [0.15, 0.2) is 0 Å². The zero-order valence-electron chi connectivity index (χ0n) is 6.54. The lowest BCUT2D eigenvalue weighted by molar-refractivity contribution is -0.136. The van der Waals surface area contributed by atoms with Crippen LogP contribution < -0.4 is 0 Å². The minimum absolute atomic E-state index is 0.274. The highest BCUT2D eigenvalue weighted by Crippen LogP contribution is 2.06. The van der Waals surface area contributed by atoms with Crippen molar-refractivity contribution in [1.29, 1.82) is 0 Å². The molecule has 0 aliphatic heterocycles. The van der Waals surface area contributed by atoms with Gasteiger partial charge in [0.25, 0.3) is 0 Å². The molecule has 11 heavy (non-hydrogen) atoms. The van der Waals surface area contributed by atoms with Gasteiger partial charge in [-0.2, -0.15) is 0 Å². The van der Waals surface area contributed by atoms with Crippen molar-refractivity contribution in [3.8, 4) is 0 Å². The molecule has 0 saturated heterocycles. The second-order valence-electron chi connectivity index (χ2n) is 2.19. The largest absolute Gasteiger partial charge is 0.466 e. The number of aliphatic hydroxyl groups excluding tert-OH is 1. The van der Waals surface area contributed by atoms with Crippen molar-refractivity contribution >= 4 is 15.2 Å². The molecule has 0 aromatic rings. The lowest BCUT2D eigenvalue weighted by Crippen LogP contribution is -2.13. The minimum Gasteiger partial charge on any atom is -0.466 e. The van der Waals surface area contributed by atoms with Crippen molar-refractivity contribution in [1.82, 2.24) is 0 Å². The van der Waals surface area contributed by atoms with Crippen molar-refractivity contribution in [2.24, 2.45) is 0 Å². The molecule has 0 spiro atoms. The zero-order valence-corrected chi connectivity index (χ0v) is 7.69. The number of carbonyl (C=O) groups excluding carboxylic acids is 1. The second kappa shape index (κ2) is 5.28. The normalized spacial score (nSPS) is 12.3. The van der Waals surface area contributed by atoms with Crippen molar-refractivity contribution in [2.75, 3.05) is 13.3 Å². The number of ether oxygens (including phenoxy) is 1. The number of rotatable bonds is 4. The van der Waals surface area contributed by atoms with Crippen LogP contribution in [0, 0.1) is 0 Å². The molecule has 3 nitrogen and oxygen atoms in total. The van der Waals surface area contributed by atoms with E-state index in [0.717, 1.165) is 0 Å². The predicted octanol–water partition coefficient (Wildman–Crippen LogP) is 0.342. The Morgan fingerprint density at radius 2 is 2.36 bits per heavy atom. The van der Waals surface area contributed by atoms with Gasteiger partial charge in [-0.15, -0.1) is 9.24 Å². The third-order valence-electron chi connectivity index (χ3n) is 1.23. The molecule has 2 unspecified atom stereocenters. The monoisotopic (exact) mass is 176 g/mol.